The van der Waals surface area contributed by atoms with Crippen molar-refractivity contribution in [1.29, 1.82) is 0 Å². The molecule has 2 aromatic heterocycles. The van der Waals surface area contributed by atoms with E-state index in [-0.39, 0.29) is 0 Å². The van der Waals surface area contributed by atoms with Crippen molar-refractivity contribution in [2.45, 2.75) is 32.9 Å². The molecule has 0 atom stereocenters. The van der Waals surface area contributed by atoms with Crippen molar-refractivity contribution in [3.63, 3.8) is 0 Å². The largest absolute Gasteiger partial charge is 0.394 e. The maximum Gasteiger partial charge on any atom is 0.150 e. The molecule has 0 spiro atoms. The van der Waals surface area contributed by atoms with Crippen LogP contribution in [0.25, 0.3) is 0 Å². The Kier molecular flexibility index (Phi) is 2.73. The molecular weight excluding hydrogens is 240 g/mol. The molecule has 1 aliphatic heterocycles. The molecule has 6 heteroatoms. The average molecular weight is 260 g/mol. The summed E-state index contributed by atoms with van der Waals surface area (Å²) in [7, 11) is 1.96. The van der Waals surface area contributed by atoms with E-state index in [1.54, 1.807) is 0 Å². The van der Waals surface area contributed by atoms with Crippen LogP contribution in [-0.4, -0.2) is 25.9 Å². The summed E-state index contributed by atoms with van der Waals surface area (Å²) < 4.78 is 4.08. The molecule has 102 valence electrons. The highest BCUT2D eigenvalue weighted by Crippen LogP contribution is 2.32. The van der Waals surface area contributed by atoms with Crippen molar-refractivity contribution in [2.75, 3.05) is 17.2 Å². The topological polar surface area (TPSA) is 64.9 Å². The molecule has 0 amide bonds. The number of rotatable bonds is 2. The molecule has 6 nitrogen and oxygen atoms in total. The van der Waals surface area contributed by atoms with Crippen LogP contribution in [0.3, 0.4) is 0 Å². The van der Waals surface area contributed by atoms with Gasteiger partial charge in [0.2, 0.25) is 0 Å². The molecule has 0 aromatic carbocycles. The van der Waals surface area contributed by atoms with Gasteiger partial charge in [-0.3, -0.25) is 4.68 Å². The zero-order valence-corrected chi connectivity index (χ0v) is 11.7. The Bertz CT molecular complexity index is 594. The number of hydrogen-bond donors (Lipinski definition) is 1. The highest BCUT2D eigenvalue weighted by Gasteiger charge is 2.24. The monoisotopic (exact) mass is 260 g/mol. The van der Waals surface area contributed by atoms with Gasteiger partial charge in [-0.15, -0.1) is 0 Å². The Balaban J connectivity index is 1.96. The second kappa shape index (κ2) is 4.29. The van der Waals surface area contributed by atoms with Crippen molar-refractivity contribution in [2.24, 2.45) is 7.05 Å². The van der Waals surface area contributed by atoms with Crippen LogP contribution in [0.5, 0.6) is 0 Å². The Hall–Kier alpha value is -1.98. The average Bonchev–Trinajstić information content (AvgIpc) is 2.93. The number of nitrogens with two attached hydrogens (primary N) is 1. The number of anilines is 2. The molecule has 0 saturated heterocycles. The maximum atomic E-state index is 6.28. The summed E-state index contributed by atoms with van der Waals surface area (Å²) in [5.74, 6) is 2.43. The number of aryl methyl sites for hydroxylation is 1. The normalized spacial score (nSPS) is 15.1. The van der Waals surface area contributed by atoms with E-state index in [4.69, 9.17) is 5.73 Å². The van der Waals surface area contributed by atoms with Crippen LogP contribution in [0.1, 0.15) is 31.3 Å². The molecule has 19 heavy (non-hydrogen) atoms. The molecule has 1 aliphatic rings. The van der Waals surface area contributed by atoms with Gasteiger partial charge >= 0.3 is 0 Å². The smallest absolute Gasteiger partial charge is 0.150 e. The quantitative estimate of drug-likeness (QED) is 0.885. The number of aromatic nitrogens is 4. The van der Waals surface area contributed by atoms with Crippen molar-refractivity contribution >= 4 is 11.5 Å². The van der Waals surface area contributed by atoms with Crippen LogP contribution in [-0.2, 0) is 20.1 Å². The zero-order chi connectivity index (χ0) is 13.6. The molecule has 2 N–H and O–H groups in total. The molecule has 2 aromatic rings. The maximum absolute atomic E-state index is 6.28. The summed E-state index contributed by atoms with van der Waals surface area (Å²) in [4.78, 5) is 6.65. The Labute approximate surface area is 112 Å². The summed E-state index contributed by atoms with van der Waals surface area (Å²) >= 11 is 0. The van der Waals surface area contributed by atoms with Gasteiger partial charge in [0.25, 0.3) is 0 Å². The van der Waals surface area contributed by atoms with Crippen molar-refractivity contribution in [3.8, 4) is 0 Å². The van der Waals surface area contributed by atoms with E-state index in [2.05, 4.69) is 33.4 Å². The molecule has 0 aliphatic carbocycles. The third kappa shape index (κ3) is 1.87. The lowest BCUT2D eigenvalue weighted by atomic mass is 10.1. The van der Waals surface area contributed by atoms with Crippen LogP contribution >= 0.6 is 0 Å². The number of imidazole rings is 1. The van der Waals surface area contributed by atoms with Gasteiger partial charge in [-0.1, -0.05) is 13.8 Å². The number of fused-ring (bicyclic) bond motifs is 1. The minimum absolute atomic E-state index is 0.340. The van der Waals surface area contributed by atoms with Crippen LogP contribution in [0.15, 0.2) is 12.4 Å². The molecule has 3 heterocycles. The minimum atomic E-state index is 0.340. The van der Waals surface area contributed by atoms with Gasteiger partial charge < -0.3 is 15.2 Å². The van der Waals surface area contributed by atoms with E-state index in [0.717, 1.165) is 42.7 Å². The van der Waals surface area contributed by atoms with Crippen LogP contribution in [0.4, 0.5) is 11.5 Å². The molecule has 0 fully saturated rings. The van der Waals surface area contributed by atoms with E-state index in [1.807, 2.05) is 24.1 Å². The van der Waals surface area contributed by atoms with Gasteiger partial charge in [0.05, 0.1) is 17.9 Å². The fourth-order valence-electron chi connectivity index (χ4n) is 2.71. The van der Waals surface area contributed by atoms with Crippen molar-refractivity contribution in [3.05, 3.63) is 23.9 Å². The number of nitrogens with zero attached hydrogens (tertiary/aromatic N) is 5. The van der Waals surface area contributed by atoms with Gasteiger partial charge in [-0.05, 0) is 5.92 Å². The lowest BCUT2D eigenvalue weighted by Crippen LogP contribution is -2.35. The second-order valence-corrected chi connectivity index (χ2v) is 5.36. The van der Waals surface area contributed by atoms with Crippen molar-refractivity contribution in [1.82, 2.24) is 19.3 Å². The Morgan fingerprint density at radius 1 is 1.32 bits per heavy atom. The van der Waals surface area contributed by atoms with Crippen molar-refractivity contribution < 1.29 is 0 Å². The molecule has 0 radical (unpaired) electrons. The van der Waals surface area contributed by atoms with Gasteiger partial charge in [-0.2, -0.15) is 5.10 Å². The predicted octanol–water partition coefficient (Wildman–Crippen LogP) is 1.34. The van der Waals surface area contributed by atoms with Gasteiger partial charge in [0, 0.05) is 32.5 Å². The van der Waals surface area contributed by atoms with Gasteiger partial charge in [0.1, 0.15) is 5.82 Å². The van der Waals surface area contributed by atoms with Gasteiger partial charge in [-0.25, -0.2) is 4.98 Å². The summed E-state index contributed by atoms with van der Waals surface area (Å²) in [5.41, 5.74) is 8.06. The Morgan fingerprint density at radius 3 is 2.79 bits per heavy atom. The highest BCUT2D eigenvalue weighted by molar-refractivity contribution is 5.67. The van der Waals surface area contributed by atoms with Gasteiger partial charge in [0.15, 0.2) is 5.82 Å². The summed E-state index contributed by atoms with van der Waals surface area (Å²) in [6, 6.07) is 0. The fraction of sp³-hybridized carbons (Fsp3) is 0.538. The molecule has 0 unspecified atom stereocenters. The summed E-state index contributed by atoms with van der Waals surface area (Å²) in [6.07, 6.45) is 3.88. The predicted molar refractivity (Wildman–Crippen MR) is 75.0 cm³/mol. The molecular formula is C13H20N6. The van der Waals surface area contributed by atoms with E-state index in [0.29, 0.717) is 5.92 Å². The first-order chi connectivity index (χ1) is 9.08. The Morgan fingerprint density at radius 2 is 2.11 bits per heavy atom. The third-order valence-electron chi connectivity index (χ3n) is 3.67. The van der Waals surface area contributed by atoms with E-state index >= 15 is 0 Å². The SMILES string of the molecule is CC(C)c1nn(C)c(N2CCn3ccnc3C2)c1N. The first-order valence-electron chi connectivity index (χ1n) is 6.65. The lowest BCUT2D eigenvalue weighted by molar-refractivity contribution is 0.546. The molecule has 0 bridgehead atoms. The summed E-state index contributed by atoms with van der Waals surface area (Å²) in [6.45, 7) is 6.90. The molecule has 3 rings (SSSR count). The number of hydrogen-bond acceptors (Lipinski definition) is 4. The number of nitrogen functional groups attached to an aromatic ring is 1. The van der Waals surface area contributed by atoms with Crippen LogP contribution < -0.4 is 10.6 Å². The fourth-order valence-corrected chi connectivity index (χ4v) is 2.71. The highest BCUT2D eigenvalue weighted by atomic mass is 15.4. The second-order valence-electron chi connectivity index (χ2n) is 5.36. The van der Waals surface area contributed by atoms with E-state index < -0.39 is 0 Å². The van der Waals surface area contributed by atoms with Crippen LogP contribution in [0.2, 0.25) is 0 Å². The standard InChI is InChI=1S/C13H20N6/c1-9(2)12-11(14)13(17(3)16-12)19-7-6-18-5-4-15-10(18)8-19/h4-5,9H,6-8,14H2,1-3H3. The first kappa shape index (κ1) is 12.1. The third-order valence-corrected chi connectivity index (χ3v) is 3.67. The summed E-state index contributed by atoms with van der Waals surface area (Å²) in [5, 5.41) is 4.55. The van der Waals surface area contributed by atoms with E-state index in [1.165, 1.54) is 0 Å². The molecule has 0 saturated carbocycles. The minimum Gasteiger partial charge on any atom is -0.394 e. The lowest BCUT2D eigenvalue weighted by Gasteiger charge is -2.29. The zero-order valence-electron chi connectivity index (χ0n) is 11.7. The van der Waals surface area contributed by atoms with E-state index in [9.17, 15) is 0 Å². The first-order valence-corrected chi connectivity index (χ1v) is 6.65. The van der Waals surface area contributed by atoms with Crippen LogP contribution in [0, 0.1) is 0 Å².